The van der Waals surface area contributed by atoms with Gasteiger partial charge in [0.05, 0.1) is 33.7 Å². The van der Waals surface area contributed by atoms with Crippen molar-refractivity contribution in [2.75, 3.05) is 37.4 Å². The number of aromatic nitrogens is 2. The van der Waals surface area contributed by atoms with Crippen LogP contribution in [0.3, 0.4) is 0 Å². The van der Waals surface area contributed by atoms with Crippen LogP contribution in [0.15, 0.2) is 54.9 Å². The number of benzene rings is 2. The van der Waals surface area contributed by atoms with Gasteiger partial charge in [-0.2, -0.15) is 0 Å². The molecular weight excluding hydrogens is 517 g/mol. The van der Waals surface area contributed by atoms with Gasteiger partial charge in [0.25, 0.3) is 0 Å². The van der Waals surface area contributed by atoms with Crippen LogP contribution in [0.5, 0.6) is 5.75 Å². The van der Waals surface area contributed by atoms with Gasteiger partial charge in [-0.05, 0) is 80.9 Å². The fourth-order valence-electron chi connectivity index (χ4n) is 5.15. The number of phenolic OH excluding ortho intramolecular Hbond substituents is 1. The summed E-state index contributed by atoms with van der Waals surface area (Å²) in [6.07, 6.45) is 6.27. The van der Waals surface area contributed by atoms with Crippen molar-refractivity contribution < 1.29 is 14.3 Å². The van der Waals surface area contributed by atoms with Gasteiger partial charge in [0.1, 0.15) is 5.82 Å². The predicted molar refractivity (Wildman–Crippen MR) is 153 cm³/mol. The Kier molecular flexibility index (Phi) is 6.61. The van der Waals surface area contributed by atoms with Crippen LogP contribution in [0.4, 0.5) is 21.6 Å². The predicted octanol–water partition coefficient (Wildman–Crippen LogP) is 6.27. The zero-order valence-corrected chi connectivity index (χ0v) is 22.5. The summed E-state index contributed by atoms with van der Waals surface area (Å²) in [5, 5.41) is 13.9. The number of phenols is 1. The van der Waals surface area contributed by atoms with E-state index in [9.17, 15) is 14.3 Å². The summed E-state index contributed by atoms with van der Waals surface area (Å²) in [6.45, 7) is 1.90. The minimum absolute atomic E-state index is 0.0123. The van der Waals surface area contributed by atoms with Crippen LogP contribution in [-0.4, -0.2) is 59.0 Å². The van der Waals surface area contributed by atoms with Gasteiger partial charge < -0.3 is 20.2 Å². The van der Waals surface area contributed by atoms with E-state index in [1.165, 1.54) is 12.1 Å². The number of pyridine rings is 2. The third-order valence-corrected chi connectivity index (χ3v) is 7.95. The Labute approximate surface area is 231 Å². The zero-order valence-electron chi connectivity index (χ0n) is 21.8. The summed E-state index contributed by atoms with van der Waals surface area (Å²) in [6, 6.07) is 12.7. The van der Waals surface area contributed by atoms with E-state index in [0.717, 1.165) is 49.2 Å². The third kappa shape index (κ3) is 5.02. The largest absolute Gasteiger partial charge is 0.504 e. The molecule has 4 aromatic rings. The average molecular weight is 546 g/mol. The summed E-state index contributed by atoms with van der Waals surface area (Å²) in [5.74, 6) is -0.379. The van der Waals surface area contributed by atoms with Crippen LogP contribution in [0.1, 0.15) is 29.6 Å². The van der Waals surface area contributed by atoms with Crippen LogP contribution in [-0.2, 0) is 0 Å². The number of halogens is 2. The summed E-state index contributed by atoms with van der Waals surface area (Å²) in [7, 11) is 4.21. The Bertz CT molecular complexity index is 1550. The molecule has 39 heavy (non-hydrogen) atoms. The molecule has 2 aromatic heterocycles. The third-order valence-electron chi connectivity index (χ3n) is 7.67. The lowest BCUT2D eigenvalue weighted by Gasteiger charge is -2.21. The first-order chi connectivity index (χ1) is 18.8. The maximum Gasteiger partial charge on any atom is 0.170 e. The normalized spacial score (nSPS) is 17.3. The molecule has 3 heterocycles. The molecule has 1 atom stereocenters. The molecule has 1 unspecified atom stereocenters. The maximum absolute atomic E-state index is 14.3. The molecular formula is C30H29ClFN5O2. The van der Waals surface area contributed by atoms with Gasteiger partial charge in [-0.3, -0.25) is 9.78 Å². The van der Waals surface area contributed by atoms with E-state index in [1.54, 1.807) is 12.4 Å². The number of ketones is 1. The highest BCUT2D eigenvalue weighted by atomic mass is 35.5. The molecule has 2 aliphatic rings. The first kappa shape index (κ1) is 25.5. The number of fused-ring (bicyclic) bond motifs is 1. The second-order valence-electron chi connectivity index (χ2n) is 10.6. The molecule has 1 saturated carbocycles. The number of anilines is 3. The van der Waals surface area contributed by atoms with Crippen molar-refractivity contribution >= 4 is 45.5 Å². The van der Waals surface area contributed by atoms with Gasteiger partial charge in [0.15, 0.2) is 17.3 Å². The Hall–Kier alpha value is -3.75. The average Bonchev–Trinajstić information content (AvgIpc) is 3.67. The van der Waals surface area contributed by atoms with Gasteiger partial charge in [-0.1, -0.05) is 17.7 Å². The van der Waals surface area contributed by atoms with E-state index in [4.69, 9.17) is 16.6 Å². The van der Waals surface area contributed by atoms with Crippen molar-refractivity contribution in [3.8, 4) is 16.9 Å². The van der Waals surface area contributed by atoms with Crippen LogP contribution in [0.25, 0.3) is 22.0 Å². The Balaban J connectivity index is 1.38. The summed E-state index contributed by atoms with van der Waals surface area (Å²) in [5.41, 5.74) is 3.80. The fourth-order valence-corrected chi connectivity index (χ4v) is 5.36. The number of carbonyl (C=O) groups is 1. The number of rotatable bonds is 7. The minimum atomic E-state index is -0.798. The van der Waals surface area contributed by atoms with E-state index >= 15 is 0 Å². The number of nitrogens with zero attached hydrogens (tertiary/aromatic N) is 4. The first-order valence-electron chi connectivity index (χ1n) is 13.1. The first-order valence-corrected chi connectivity index (χ1v) is 13.5. The van der Waals surface area contributed by atoms with Gasteiger partial charge in [-0.25, -0.2) is 9.37 Å². The smallest absolute Gasteiger partial charge is 0.170 e. The fraction of sp³-hybridized carbons (Fsp3) is 0.300. The number of nitrogens with one attached hydrogen (secondary N) is 1. The molecule has 2 aromatic carbocycles. The highest BCUT2D eigenvalue weighted by Gasteiger charge is 2.33. The molecule has 2 N–H and O–H groups in total. The summed E-state index contributed by atoms with van der Waals surface area (Å²) in [4.78, 5) is 27.1. The molecule has 9 heteroatoms. The van der Waals surface area contributed by atoms with Crippen LogP contribution >= 0.6 is 11.6 Å². The van der Waals surface area contributed by atoms with E-state index in [-0.39, 0.29) is 16.7 Å². The molecule has 1 saturated heterocycles. The van der Waals surface area contributed by atoms with Gasteiger partial charge in [0.2, 0.25) is 0 Å². The highest BCUT2D eigenvalue weighted by Crippen LogP contribution is 2.39. The molecule has 0 spiro atoms. The molecule has 6 rings (SSSR count). The van der Waals surface area contributed by atoms with Crippen LogP contribution < -0.4 is 10.2 Å². The van der Waals surface area contributed by atoms with E-state index in [1.807, 2.05) is 30.3 Å². The van der Waals surface area contributed by atoms with E-state index < -0.39 is 11.6 Å². The Morgan fingerprint density at radius 2 is 1.90 bits per heavy atom. The molecule has 1 aliphatic heterocycles. The van der Waals surface area contributed by atoms with Crippen molar-refractivity contribution in [1.29, 1.82) is 0 Å². The van der Waals surface area contributed by atoms with Crippen molar-refractivity contribution in [3.05, 3.63) is 71.3 Å². The maximum atomic E-state index is 14.3. The van der Waals surface area contributed by atoms with Crippen LogP contribution in [0, 0.1) is 11.7 Å². The summed E-state index contributed by atoms with van der Waals surface area (Å²) < 4.78 is 14.3. The number of hydrogen-bond acceptors (Lipinski definition) is 7. The van der Waals surface area contributed by atoms with Gasteiger partial charge in [-0.15, -0.1) is 0 Å². The zero-order chi connectivity index (χ0) is 27.3. The molecule has 7 nitrogen and oxygen atoms in total. The van der Waals surface area contributed by atoms with E-state index in [2.05, 4.69) is 34.2 Å². The number of carbonyl (C=O) groups excluding carboxylic acids is 1. The lowest BCUT2D eigenvalue weighted by molar-refractivity contribution is 0.0968. The van der Waals surface area contributed by atoms with E-state index in [0.29, 0.717) is 33.9 Å². The Morgan fingerprint density at radius 3 is 2.56 bits per heavy atom. The molecule has 0 radical (unpaired) electrons. The van der Waals surface area contributed by atoms with Crippen molar-refractivity contribution in [2.45, 2.75) is 25.3 Å². The lowest BCUT2D eigenvalue weighted by Crippen LogP contribution is -2.31. The molecule has 1 aliphatic carbocycles. The second-order valence-corrected chi connectivity index (χ2v) is 11.0. The molecule has 0 bridgehead atoms. The second kappa shape index (κ2) is 10.1. The minimum Gasteiger partial charge on any atom is -0.504 e. The lowest BCUT2D eigenvalue weighted by atomic mass is 9.98. The Morgan fingerprint density at radius 1 is 1.08 bits per heavy atom. The van der Waals surface area contributed by atoms with Gasteiger partial charge >= 0.3 is 0 Å². The van der Waals surface area contributed by atoms with Gasteiger partial charge in [0, 0.05) is 36.6 Å². The van der Waals surface area contributed by atoms with Crippen molar-refractivity contribution in [1.82, 2.24) is 14.9 Å². The monoisotopic (exact) mass is 545 g/mol. The highest BCUT2D eigenvalue weighted by molar-refractivity contribution is 6.32. The van der Waals surface area contributed by atoms with Crippen molar-refractivity contribution in [3.63, 3.8) is 0 Å². The SMILES string of the molecule is CN(C)C1CCN(c2ccc(Nc3c(C(=O)C4CC4)cnc4ccc(-c5cc(F)c(O)c(Cl)c5)cc34)cn2)C1. The number of likely N-dealkylation sites (N-methyl/N-ethyl adjacent to an activating group) is 1. The molecule has 200 valence electrons. The topological polar surface area (TPSA) is 81.6 Å². The number of aromatic hydroxyl groups is 1. The number of Topliss-reactive ketones (excluding diaryl/α,β-unsaturated/α-hetero) is 1. The number of hydrogen-bond donors (Lipinski definition) is 2. The quantitative estimate of drug-likeness (QED) is 0.265. The van der Waals surface area contributed by atoms with Crippen LogP contribution in [0.2, 0.25) is 5.02 Å². The van der Waals surface area contributed by atoms with Crippen molar-refractivity contribution in [2.24, 2.45) is 5.92 Å². The molecule has 0 amide bonds. The summed E-state index contributed by atoms with van der Waals surface area (Å²) >= 11 is 6.05. The molecule has 2 fully saturated rings. The standard InChI is InChI=1S/C30H29ClFN5O2/c1-36(2)21-9-10-37(16-21)27-8-6-20(14-34-27)35-28-22-11-18(19-12-24(31)30(39)25(32)13-19)5-7-26(22)33-15-23(28)29(38)17-3-4-17/h5-8,11-15,17,21,39H,3-4,9-10,16H2,1-2H3,(H,33,35).